The number of pyridine rings is 1. The van der Waals surface area contributed by atoms with Crippen molar-refractivity contribution in [1.29, 1.82) is 5.41 Å². The van der Waals surface area contributed by atoms with Gasteiger partial charge in [0, 0.05) is 41.5 Å². The van der Waals surface area contributed by atoms with Gasteiger partial charge in [0.25, 0.3) is 10.1 Å². The van der Waals surface area contributed by atoms with Crippen molar-refractivity contribution in [3.05, 3.63) is 77.9 Å². The molecule has 2 aliphatic rings. The third-order valence-electron chi connectivity index (χ3n) is 9.67. The molecular weight excluding hydrogens is 697 g/mol. The van der Waals surface area contributed by atoms with E-state index >= 15 is 0 Å². The molecule has 0 radical (unpaired) electrons. The minimum atomic E-state index is -3.57. The topological polar surface area (TPSA) is 181 Å². The third kappa shape index (κ3) is 9.35. The smallest absolute Gasteiger partial charge is 0.320 e. The molecule has 4 atom stereocenters. The first-order valence-corrected chi connectivity index (χ1v) is 19.9. The number of hydrogen-bond acceptors (Lipinski definition) is 11. The van der Waals surface area contributed by atoms with E-state index in [1.54, 1.807) is 18.3 Å². The first-order chi connectivity index (χ1) is 25.1. The zero-order valence-corrected chi connectivity index (χ0v) is 32.0. The van der Waals surface area contributed by atoms with Crippen LogP contribution in [0.15, 0.2) is 66.8 Å². The van der Waals surface area contributed by atoms with E-state index in [1.165, 1.54) is 11.1 Å². The molecule has 2 amide bonds. The van der Waals surface area contributed by atoms with Gasteiger partial charge in [-0.25, -0.2) is 4.79 Å². The van der Waals surface area contributed by atoms with Crippen molar-refractivity contribution in [2.45, 2.75) is 97.5 Å². The molecule has 0 spiro atoms. The number of nitrogens with one attached hydrogen (secondary N) is 4. The van der Waals surface area contributed by atoms with Gasteiger partial charge in [-0.1, -0.05) is 45.0 Å². The van der Waals surface area contributed by atoms with Gasteiger partial charge in [-0.2, -0.15) is 13.5 Å². The van der Waals surface area contributed by atoms with Gasteiger partial charge in [0.2, 0.25) is 5.95 Å². The Morgan fingerprint density at radius 3 is 2.47 bits per heavy atom. The van der Waals surface area contributed by atoms with E-state index in [1.807, 2.05) is 67.8 Å². The number of aromatic nitrogens is 5. The van der Waals surface area contributed by atoms with Crippen LogP contribution in [-0.2, 0) is 20.8 Å². The SMILES string of the molecule is CC1CCC[C@H](C)N1c1nnc2ccc(OC3CCC(NC(=O)N/C(=C/C(=N)C(C)(C)C)Nc4ccn(CCOS(C)(=O)=O)n4)c4ccccc43)cn12. The molecule has 53 heavy (non-hydrogen) atoms. The minimum absolute atomic E-state index is 0.0671. The maximum atomic E-state index is 13.6. The lowest BCUT2D eigenvalue weighted by atomic mass is 9.85. The molecule has 1 aromatic carbocycles. The van der Waals surface area contributed by atoms with Crippen molar-refractivity contribution in [1.82, 2.24) is 35.0 Å². The summed E-state index contributed by atoms with van der Waals surface area (Å²) in [7, 11) is -3.57. The highest BCUT2D eigenvalue weighted by atomic mass is 32.2. The van der Waals surface area contributed by atoms with E-state index in [0.29, 0.717) is 42.2 Å². The molecule has 3 aromatic heterocycles. The van der Waals surface area contributed by atoms with E-state index in [4.69, 9.17) is 14.3 Å². The summed E-state index contributed by atoms with van der Waals surface area (Å²) in [6.07, 6.45) is 10.7. The van der Waals surface area contributed by atoms with Gasteiger partial charge in [0.05, 0.1) is 31.6 Å². The van der Waals surface area contributed by atoms with Gasteiger partial charge >= 0.3 is 6.03 Å². The Morgan fingerprint density at radius 2 is 1.75 bits per heavy atom. The molecule has 16 heteroatoms. The first kappa shape index (κ1) is 37.8. The van der Waals surface area contributed by atoms with Crippen molar-refractivity contribution in [2.24, 2.45) is 5.41 Å². The summed E-state index contributed by atoms with van der Waals surface area (Å²) in [5.41, 5.74) is 2.55. The molecular formula is C37H50N10O5S. The molecule has 284 valence electrons. The second-order valence-corrected chi connectivity index (χ2v) is 16.6. The lowest BCUT2D eigenvalue weighted by Gasteiger charge is -2.39. The summed E-state index contributed by atoms with van der Waals surface area (Å²) < 4.78 is 37.6. The van der Waals surface area contributed by atoms with Crippen molar-refractivity contribution in [3.8, 4) is 5.75 Å². The van der Waals surface area contributed by atoms with Gasteiger partial charge in [-0.3, -0.25) is 18.6 Å². The van der Waals surface area contributed by atoms with Gasteiger partial charge in [-0.15, -0.1) is 10.2 Å². The fourth-order valence-electron chi connectivity index (χ4n) is 6.86. The van der Waals surface area contributed by atoms with E-state index < -0.39 is 21.6 Å². The second-order valence-electron chi connectivity index (χ2n) is 14.9. The number of amides is 2. The number of rotatable bonds is 12. The molecule has 15 nitrogen and oxygen atoms in total. The highest BCUT2D eigenvalue weighted by Gasteiger charge is 2.31. The number of fused-ring (bicyclic) bond motifs is 2. The zero-order chi connectivity index (χ0) is 37.9. The van der Waals surface area contributed by atoms with Crippen LogP contribution >= 0.6 is 0 Å². The summed E-state index contributed by atoms with van der Waals surface area (Å²) >= 11 is 0. The normalized spacial score (nSPS) is 20.9. The number of piperidine rings is 1. The molecule has 4 aromatic rings. The monoisotopic (exact) mass is 746 g/mol. The Balaban J connectivity index is 1.15. The Kier molecular flexibility index (Phi) is 11.1. The highest BCUT2D eigenvalue weighted by molar-refractivity contribution is 7.85. The predicted octanol–water partition coefficient (Wildman–Crippen LogP) is 5.94. The number of benzene rings is 1. The van der Waals surface area contributed by atoms with Crippen LogP contribution < -0.4 is 25.6 Å². The maximum Gasteiger partial charge on any atom is 0.320 e. The predicted molar refractivity (Wildman–Crippen MR) is 204 cm³/mol. The molecule has 1 aliphatic carbocycles. The molecule has 4 heterocycles. The molecule has 1 aliphatic heterocycles. The molecule has 4 N–H and O–H groups in total. The van der Waals surface area contributed by atoms with E-state index in [-0.39, 0.29) is 31.1 Å². The van der Waals surface area contributed by atoms with Crippen molar-refractivity contribution < 1.29 is 22.1 Å². The molecule has 0 saturated carbocycles. The average Bonchev–Trinajstić information content (AvgIpc) is 3.71. The van der Waals surface area contributed by atoms with Crippen molar-refractivity contribution in [3.63, 3.8) is 0 Å². The number of carbonyl (C=O) groups excluding carboxylic acids is 1. The summed E-state index contributed by atoms with van der Waals surface area (Å²) in [5, 5.41) is 31.1. The zero-order valence-electron chi connectivity index (χ0n) is 31.2. The summed E-state index contributed by atoms with van der Waals surface area (Å²) in [5.74, 6) is 2.21. The van der Waals surface area contributed by atoms with Gasteiger partial charge in [0.15, 0.2) is 11.5 Å². The van der Waals surface area contributed by atoms with E-state index in [0.717, 1.165) is 41.8 Å². The first-order valence-electron chi connectivity index (χ1n) is 18.1. The third-order valence-corrected chi connectivity index (χ3v) is 10.3. The Labute approximate surface area is 310 Å². The van der Waals surface area contributed by atoms with Crippen LogP contribution in [0.3, 0.4) is 0 Å². The second kappa shape index (κ2) is 15.6. The molecule has 1 saturated heterocycles. The number of nitrogens with zero attached hydrogens (tertiary/aromatic N) is 6. The summed E-state index contributed by atoms with van der Waals surface area (Å²) in [6.45, 7) is 10.4. The van der Waals surface area contributed by atoms with Crippen molar-refractivity contribution >= 4 is 39.3 Å². The number of anilines is 2. The lowest BCUT2D eigenvalue weighted by molar-refractivity contribution is 0.171. The lowest BCUT2D eigenvalue weighted by Crippen LogP contribution is -2.44. The van der Waals surface area contributed by atoms with Gasteiger partial charge in [-0.05, 0) is 69.2 Å². The largest absolute Gasteiger partial charge is 0.484 e. The standard InChI is InChI=1S/C37H50N10O5S/c1-24-10-9-11-25(2)47(24)36-43-42-34-17-14-26(23-46(34)36)52-30-16-15-29(27-12-7-8-13-28(27)30)39-35(48)41-33(22-31(38)37(3,4)5)40-32-18-19-45(44-32)20-21-51-53(6,49)50/h7-8,12-14,17-19,22-25,29-30,38H,9-11,15-16,20-21H2,1-6H3,(H,40,44)(H2,39,41,48)/b33-22+,38-31?/t24-,25?,29?,30?/m0/s1. The molecule has 0 bridgehead atoms. The Hall–Kier alpha value is -4.96. The number of urea groups is 1. The minimum Gasteiger partial charge on any atom is -0.484 e. The van der Waals surface area contributed by atoms with E-state index in [9.17, 15) is 13.2 Å². The number of hydrogen-bond donors (Lipinski definition) is 4. The van der Waals surface area contributed by atoms with Crippen LogP contribution in [0, 0.1) is 10.8 Å². The van der Waals surface area contributed by atoms with Gasteiger partial charge in [0.1, 0.15) is 17.7 Å². The van der Waals surface area contributed by atoms with Crippen LogP contribution in [0.5, 0.6) is 5.75 Å². The molecule has 3 unspecified atom stereocenters. The van der Waals surface area contributed by atoms with Crippen LogP contribution in [0.25, 0.3) is 5.65 Å². The fourth-order valence-corrected chi connectivity index (χ4v) is 7.24. The maximum absolute atomic E-state index is 13.6. The summed E-state index contributed by atoms with van der Waals surface area (Å²) in [6, 6.07) is 13.6. The van der Waals surface area contributed by atoms with Crippen molar-refractivity contribution in [2.75, 3.05) is 23.1 Å². The average molecular weight is 747 g/mol. The van der Waals surface area contributed by atoms with Crippen LogP contribution in [-0.4, -0.2) is 69.5 Å². The van der Waals surface area contributed by atoms with Crippen LogP contribution in [0.1, 0.15) is 90.0 Å². The van der Waals surface area contributed by atoms with Crippen LogP contribution in [0.4, 0.5) is 16.6 Å². The molecule has 6 rings (SSSR count). The number of carbonyl (C=O) groups is 1. The number of ether oxygens (including phenoxy) is 1. The van der Waals surface area contributed by atoms with Gasteiger partial charge < -0.3 is 25.7 Å². The Morgan fingerprint density at radius 1 is 1.02 bits per heavy atom. The summed E-state index contributed by atoms with van der Waals surface area (Å²) in [4.78, 5) is 15.9. The molecule has 1 fully saturated rings. The number of allylic oxidation sites excluding steroid dienone is 1. The quantitative estimate of drug-likeness (QED) is 0.100. The Bertz CT molecular complexity index is 2080. The fraction of sp³-hybridized carbons (Fsp3) is 0.486. The highest BCUT2D eigenvalue weighted by Crippen LogP contribution is 2.39. The van der Waals surface area contributed by atoms with E-state index in [2.05, 4.69) is 50.0 Å². The van der Waals surface area contributed by atoms with Crippen LogP contribution in [0.2, 0.25) is 0 Å².